The van der Waals surface area contributed by atoms with E-state index >= 15 is 0 Å². The molecule has 2 N–H and O–H groups in total. The fourth-order valence-electron chi connectivity index (χ4n) is 3.85. The second kappa shape index (κ2) is 7.28. The van der Waals surface area contributed by atoms with Crippen molar-refractivity contribution >= 4 is 16.9 Å². The lowest BCUT2D eigenvalue weighted by atomic mass is 9.75. The number of rotatable bonds is 5. The molecule has 0 aliphatic heterocycles. The van der Waals surface area contributed by atoms with Crippen molar-refractivity contribution in [2.24, 2.45) is 5.92 Å². The molecule has 3 aromatic rings. The van der Waals surface area contributed by atoms with E-state index in [-0.39, 0.29) is 24.0 Å². The molecule has 0 saturated heterocycles. The Morgan fingerprint density at radius 3 is 2.79 bits per heavy atom. The summed E-state index contributed by atoms with van der Waals surface area (Å²) in [5, 5.41) is 13.8. The van der Waals surface area contributed by atoms with Gasteiger partial charge >= 0.3 is 0 Å². The first kappa shape index (κ1) is 18.5. The van der Waals surface area contributed by atoms with Crippen LogP contribution in [0.4, 0.5) is 0 Å². The predicted octanol–water partition coefficient (Wildman–Crippen LogP) is 3.70. The zero-order chi connectivity index (χ0) is 19.8. The zero-order valence-corrected chi connectivity index (χ0v) is 16.2. The Hall–Kier alpha value is -2.86. The van der Waals surface area contributed by atoms with Crippen LogP contribution in [0.3, 0.4) is 0 Å². The van der Waals surface area contributed by atoms with Crippen LogP contribution >= 0.6 is 0 Å². The number of hydrogen-bond donors (Lipinski definition) is 2. The number of aromatic nitrogens is 1. The van der Waals surface area contributed by atoms with Crippen molar-refractivity contribution in [2.45, 2.75) is 38.8 Å². The SMILES string of the molecule is COc1cncc([C@@H](NC(=O)c2oc3ccc(C)cc3c2C)C2CC(O)C2)c1. The van der Waals surface area contributed by atoms with Gasteiger partial charge in [0, 0.05) is 17.1 Å². The first-order valence-electron chi connectivity index (χ1n) is 9.44. The van der Waals surface area contributed by atoms with Gasteiger partial charge in [0.05, 0.1) is 25.5 Å². The molecule has 1 amide bonds. The number of pyridine rings is 1. The van der Waals surface area contributed by atoms with E-state index in [0.717, 1.165) is 22.1 Å². The van der Waals surface area contributed by atoms with E-state index in [1.165, 1.54) is 0 Å². The third-order valence-electron chi connectivity index (χ3n) is 5.53. The molecular formula is C22H24N2O4. The van der Waals surface area contributed by atoms with Crippen LogP contribution in [0.25, 0.3) is 11.0 Å². The summed E-state index contributed by atoms with van der Waals surface area (Å²) in [5.74, 6) is 0.827. The molecular weight excluding hydrogens is 356 g/mol. The zero-order valence-electron chi connectivity index (χ0n) is 16.2. The van der Waals surface area contributed by atoms with Crippen LogP contribution in [0.5, 0.6) is 5.75 Å². The lowest BCUT2D eigenvalue weighted by molar-refractivity contribution is 0.0231. The molecule has 0 unspecified atom stereocenters. The van der Waals surface area contributed by atoms with Gasteiger partial charge in [-0.25, -0.2) is 0 Å². The maximum absolute atomic E-state index is 13.1. The number of fused-ring (bicyclic) bond motifs is 1. The van der Waals surface area contributed by atoms with Gasteiger partial charge in [0.1, 0.15) is 11.3 Å². The van der Waals surface area contributed by atoms with E-state index in [1.807, 2.05) is 38.1 Å². The smallest absolute Gasteiger partial charge is 0.287 e. The van der Waals surface area contributed by atoms with Crippen LogP contribution in [0.15, 0.2) is 41.1 Å². The van der Waals surface area contributed by atoms with Crippen molar-refractivity contribution in [1.29, 1.82) is 0 Å². The number of aryl methyl sites for hydroxylation is 2. The van der Waals surface area contributed by atoms with Crippen molar-refractivity contribution in [3.63, 3.8) is 0 Å². The van der Waals surface area contributed by atoms with Crippen LogP contribution in [-0.2, 0) is 0 Å². The number of nitrogens with zero attached hydrogens (tertiary/aromatic N) is 1. The Balaban J connectivity index is 1.65. The van der Waals surface area contributed by atoms with Crippen molar-refractivity contribution in [3.8, 4) is 5.75 Å². The van der Waals surface area contributed by atoms with Gasteiger partial charge in [-0.1, -0.05) is 11.6 Å². The summed E-state index contributed by atoms with van der Waals surface area (Å²) in [7, 11) is 1.58. The molecule has 6 nitrogen and oxygen atoms in total. The average molecular weight is 380 g/mol. The number of ether oxygens (including phenoxy) is 1. The topological polar surface area (TPSA) is 84.6 Å². The summed E-state index contributed by atoms with van der Waals surface area (Å²) < 4.78 is 11.1. The van der Waals surface area contributed by atoms with Crippen LogP contribution in [-0.4, -0.2) is 29.2 Å². The number of benzene rings is 1. The van der Waals surface area contributed by atoms with Gasteiger partial charge < -0.3 is 19.6 Å². The number of aliphatic hydroxyl groups is 1. The van der Waals surface area contributed by atoms with Gasteiger partial charge in [0.2, 0.25) is 0 Å². The summed E-state index contributed by atoms with van der Waals surface area (Å²) in [6.07, 6.45) is 4.32. The Bertz CT molecular complexity index is 1020. The molecule has 2 aromatic heterocycles. The normalized spacial score (nSPS) is 19.9. The number of carbonyl (C=O) groups excluding carboxylic acids is 1. The Labute approximate surface area is 163 Å². The molecule has 0 radical (unpaired) electrons. The summed E-state index contributed by atoms with van der Waals surface area (Å²) in [6, 6.07) is 7.48. The summed E-state index contributed by atoms with van der Waals surface area (Å²) >= 11 is 0. The summed E-state index contributed by atoms with van der Waals surface area (Å²) in [4.78, 5) is 17.3. The van der Waals surface area contributed by atoms with E-state index in [0.29, 0.717) is 29.9 Å². The van der Waals surface area contributed by atoms with Crippen LogP contribution in [0.1, 0.15) is 46.1 Å². The van der Waals surface area contributed by atoms with E-state index < -0.39 is 0 Å². The van der Waals surface area contributed by atoms with E-state index in [9.17, 15) is 9.90 Å². The molecule has 0 spiro atoms. The third-order valence-corrected chi connectivity index (χ3v) is 5.53. The highest BCUT2D eigenvalue weighted by molar-refractivity contribution is 5.99. The van der Waals surface area contributed by atoms with Gasteiger partial charge in [-0.15, -0.1) is 0 Å². The number of furan rings is 1. The highest BCUT2D eigenvalue weighted by atomic mass is 16.5. The molecule has 1 atom stereocenters. The standard InChI is InChI=1S/C22H24N2O4/c1-12-4-5-19-18(6-12)13(2)21(28-19)22(26)24-20(14-7-16(25)8-14)15-9-17(27-3)11-23-10-15/h4-6,9-11,14,16,20,25H,7-8H2,1-3H3,(H,24,26)/t14?,16?,20-/m0/s1. The van der Waals surface area contributed by atoms with Crippen LogP contribution < -0.4 is 10.1 Å². The van der Waals surface area contributed by atoms with Crippen molar-refractivity contribution in [1.82, 2.24) is 10.3 Å². The molecule has 2 heterocycles. The molecule has 146 valence electrons. The van der Waals surface area contributed by atoms with E-state index in [1.54, 1.807) is 19.5 Å². The largest absolute Gasteiger partial charge is 0.495 e. The number of aliphatic hydroxyl groups excluding tert-OH is 1. The molecule has 4 rings (SSSR count). The minimum atomic E-state index is -0.320. The molecule has 1 fully saturated rings. The van der Waals surface area contributed by atoms with Crippen LogP contribution in [0, 0.1) is 19.8 Å². The number of nitrogens with one attached hydrogen (secondary N) is 1. The average Bonchev–Trinajstić information content (AvgIpc) is 3.00. The third kappa shape index (κ3) is 3.36. The molecule has 28 heavy (non-hydrogen) atoms. The molecule has 0 bridgehead atoms. The highest BCUT2D eigenvalue weighted by Gasteiger charge is 2.36. The first-order valence-corrected chi connectivity index (χ1v) is 9.44. The lowest BCUT2D eigenvalue weighted by Crippen LogP contribution is -2.41. The monoisotopic (exact) mass is 380 g/mol. The van der Waals surface area contributed by atoms with E-state index in [4.69, 9.17) is 9.15 Å². The predicted molar refractivity (Wildman–Crippen MR) is 105 cm³/mol. The van der Waals surface area contributed by atoms with Gasteiger partial charge in [-0.2, -0.15) is 0 Å². The fourth-order valence-corrected chi connectivity index (χ4v) is 3.85. The van der Waals surface area contributed by atoms with Crippen LogP contribution in [0.2, 0.25) is 0 Å². The molecule has 1 aromatic carbocycles. The lowest BCUT2D eigenvalue weighted by Gasteiger charge is -2.38. The van der Waals surface area contributed by atoms with Gasteiger partial charge in [-0.3, -0.25) is 9.78 Å². The van der Waals surface area contributed by atoms with Gasteiger partial charge in [0.15, 0.2) is 5.76 Å². The molecule has 1 saturated carbocycles. The number of carbonyl (C=O) groups is 1. The Morgan fingerprint density at radius 2 is 2.07 bits per heavy atom. The van der Waals surface area contributed by atoms with Crippen molar-refractivity contribution in [2.75, 3.05) is 7.11 Å². The minimum Gasteiger partial charge on any atom is -0.495 e. The maximum Gasteiger partial charge on any atom is 0.287 e. The quantitative estimate of drug-likeness (QED) is 0.705. The van der Waals surface area contributed by atoms with E-state index in [2.05, 4.69) is 10.3 Å². The highest BCUT2D eigenvalue weighted by Crippen LogP contribution is 2.39. The van der Waals surface area contributed by atoms with Crippen molar-refractivity contribution in [3.05, 3.63) is 59.1 Å². The Morgan fingerprint density at radius 1 is 1.29 bits per heavy atom. The minimum absolute atomic E-state index is 0.139. The molecule has 1 aliphatic rings. The summed E-state index contributed by atoms with van der Waals surface area (Å²) in [5.41, 5.74) is 3.50. The number of amides is 1. The summed E-state index contributed by atoms with van der Waals surface area (Å²) in [6.45, 7) is 3.91. The van der Waals surface area contributed by atoms with Crippen molar-refractivity contribution < 1.29 is 19.1 Å². The second-order valence-corrected chi connectivity index (χ2v) is 7.55. The molecule has 6 heteroatoms. The number of methoxy groups -OCH3 is 1. The second-order valence-electron chi connectivity index (χ2n) is 7.55. The maximum atomic E-state index is 13.1. The fraction of sp³-hybridized carbons (Fsp3) is 0.364. The first-order chi connectivity index (χ1) is 13.5. The van der Waals surface area contributed by atoms with Gasteiger partial charge in [0.25, 0.3) is 5.91 Å². The number of hydrogen-bond acceptors (Lipinski definition) is 5. The Kier molecular flexibility index (Phi) is 4.81. The van der Waals surface area contributed by atoms with Gasteiger partial charge in [-0.05, 0) is 56.4 Å². The molecule has 1 aliphatic carbocycles.